The second-order valence-corrected chi connectivity index (χ2v) is 5.36. The molecule has 0 bridgehead atoms. The van der Waals surface area contributed by atoms with Crippen molar-refractivity contribution in [3.63, 3.8) is 0 Å². The highest BCUT2D eigenvalue weighted by Crippen LogP contribution is 2.15. The van der Waals surface area contributed by atoms with Crippen LogP contribution in [0.4, 0.5) is 4.39 Å². The van der Waals surface area contributed by atoms with Gasteiger partial charge in [-0.25, -0.2) is 9.07 Å². The van der Waals surface area contributed by atoms with Crippen LogP contribution in [0.2, 0.25) is 0 Å². The Labute approximate surface area is 128 Å². The van der Waals surface area contributed by atoms with Crippen LogP contribution in [0.25, 0.3) is 5.69 Å². The molecule has 0 saturated carbocycles. The smallest absolute Gasteiger partial charge is 0.257 e. The summed E-state index contributed by atoms with van der Waals surface area (Å²) in [4.78, 5) is 14.1. The number of benzene rings is 1. The summed E-state index contributed by atoms with van der Waals surface area (Å²) in [6, 6.07) is 7.83. The average Bonchev–Trinajstić information content (AvgIpc) is 3.04. The molecule has 5 nitrogen and oxygen atoms in total. The number of nitrogens with zero attached hydrogens (tertiary/aromatic N) is 3. The molecule has 116 valence electrons. The van der Waals surface area contributed by atoms with Gasteiger partial charge in [0.1, 0.15) is 12.8 Å². The molecule has 1 unspecified atom stereocenters. The SMILES string of the molecule is Cc1ccccc1-n1cc(C(=O)N2CCOC(CF)C2)cn1. The van der Waals surface area contributed by atoms with Gasteiger partial charge >= 0.3 is 0 Å². The zero-order chi connectivity index (χ0) is 15.5. The van der Waals surface area contributed by atoms with Gasteiger partial charge in [0.05, 0.1) is 24.1 Å². The predicted molar refractivity (Wildman–Crippen MR) is 79.9 cm³/mol. The highest BCUT2D eigenvalue weighted by Gasteiger charge is 2.25. The lowest BCUT2D eigenvalue weighted by Crippen LogP contribution is -2.46. The van der Waals surface area contributed by atoms with Gasteiger partial charge in [0.2, 0.25) is 0 Å². The maximum atomic E-state index is 12.7. The van der Waals surface area contributed by atoms with Gasteiger partial charge in [-0.15, -0.1) is 0 Å². The fraction of sp³-hybridized carbons (Fsp3) is 0.375. The standard InChI is InChI=1S/C16H18FN3O2/c1-12-4-2-3-5-15(12)20-10-13(9-18-20)16(21)19-6-7-22-14(8-17)11-19/h2-5,9-10,14H,6-8,11H2,1H3. The lowest BCUT2D eigenvalue weighted by Gasteiger charge is -2.31. The fourth-order valence-corrected chi connectivity index (χ4v) is 2.57. The van der Waals surface area contributed by atoms with Gasteiger partial charge < -0.3 is 9.64 Å². The Morgan fingerprint density at radius 1 is 1.45 bits per heavy atom. The first kappa shape index (κ1) is 14.7. The Kier molecular flexibility index (Phi) is 4.20. The van der Waals surface area contributed by atoms with Crippen LogP contribution < -0.4 is 0 Å². The lowest BCUT2D eigenvalue weighted by atomic mass is 10.2. The molecule has 0 radical (unpaired) electrons. The highest BCUT2D eigenvalue weighted by molar-refractivity contribution is 5.93. The number of alkyl halides is 1. The molecule has 6 heteroatoms. The monoisotopic (exact) mass is 303 g/mol. The van der Waals surface area contributed by atoms with Crippen molar-refractivity contribution in [1.82, 2.24) is 14.7 Å². The van der Waals surface area contributed by atoms with E-state index >= 15 is 0 Å². The third-order valence-electron chi connectivity index (χ3n) is 3.79. The minimum absolute atomic E-state index is 0.137. The summed E-state index contributed by atoms with van der Waals surface area (Å²) in [6.45, 7) is 2.54. The summed E-state index contributed by atoms with van der Waals surface area (Å²) in [6.07, 6.45) is 2.74. The number of hydrogen-bond donors (Lipinski definition) is 0. The second kappa shape index (κ2) is 6.27. The molecule has 2 aromatic rings. The Morgan fingerprint density at radius 3 is 3.05 bits per heavy atom. The molecule has 0 spiro atoms. The van der Waals surface area contributed by atoms with Crippen LogP contribution in [0.1, 0.15) is 15.9 Å². The summed E-state index contributed by atoms with van der Waals surface area (Å²) >= 11 is 0. The number of carbonyl (C=O) groups excluding carboxylic acids is 1. The van der Waals surface area contributed by atoms with Crippen LogP contribution in [0.3, 0.4) is 0 Å². The van der Waals surface area contributed by atoms with Crippen LogP contribution in [0.5, 0.6) is 0 Å². The second-order valence-electron chi connectivity index (χ2n) is 5.36. The number of amides is 1. The number of para-hydroxylation sites is 1. The van der Waals surface area contributed by atoms with Crippen LogP contribution in [-0.2, 0) is 4.74 Å². The van der Waals surface area contributed by atoms with Gasteiger partial charge in [0, 0.05) is 19.3 Å². The van der Waals surface area contributed by atoms with Crippen molar-refractivity contribution in [2.75, 3.05) is 26.4 Å². The molecule has 0 N–H and O–H groups in total. The van der Waals surface area contributed by atoms with E-state index < -0.39 is 12.8 Å². The molecular weight excluding hydrogens is 285 g/mol. The molecule has 22 heavy (non-hydrogen) atoms. The molecule has 1 aromatic carbocycles. The number of morpholine rings is 1. The summed E-state index contributed by atoms with van der Waals surface area (Å²) in [5.41, 5.74) is 2.52. The van der Waals surface area contributed by atoms with Crippen LogP contribution in [0, 0.1) is 6.92 Å². The average molecular weight is 303 g/mol. The van der Waals surface area contributed by atoms with Gasteiger partial charge in [0.15, 0.2) is 0 Å². The van der Waals surface area contributed by atoms with Gasteiger partial charge in [-0.05, 0) is 18.6 Å². The molecule has 2 heterocycles. The van der Waals surface area contributed by atoms with E-state index in [1.165, 1.54) is 0 Å². The van der Waals surface area contributed by atoms with Gasteiger partial charge in [-0.1, -0.05) is 18.2 Å². The first-order valence-electron chi connectivity index (χ1n) is 7.26. The van der Waals surface area contributed by atoms with Crippen molar-refractivity contribution in [2.24, 2.45) is 0 Å². The van der Waals surface area contributed by atoms with E-state index in [2.05, 4.69) is 5.10 Å². The third-order valence-corrected chi connectivity index (χ3v) is 3.79. The minimum atomic E-state index is -0.577. The van der Waals surface area contributed by atoms with Crippen molar-refractivity contribution >= 4 is 5.91 Å². The Hall–Kier alpha value is -2.21. The topological polar surface area (TPSA) is 47.4 Å². The first-order valence-corrected chi connectivity index (χ1v) is 7.26. The molecule has 3 rings (SSSR count). The zero-order valence-electron chi connectivity index (χ0n) is 12.4. The van der Waals surface area contributed by atoms with Crippen LogP contribution in [0.15, 0.2) is 36.7 Å². The molecule has 1 amide bonds. The van der Waals surface area contributed by atoms with Crippen molar-refractivity contribution in [1.29, 1.82) is 0 Å². The molecule has 1 saturated heterocycles. The number of carbonyl (C=O) groups is 1. The van der Waals surface area contributed by atoms with E-state index in [0.717, 1.165) is 11.3 Å². The number of ether oxygens (including phenoxy) is 1. The minimum Gasteiger partial charge on any atom is -0.372 e. The van der Waals surface area contributed by atoms with Crippen molar-refractivity contribution in [3.8, 4) is 5.69 Å². The quantitative estimate of drug-likeness (QED) is 0.871. The number of aromatic nitrogens is 2. The Balaban J connectivity index is 1.79. The molecule has 1 aromatic heterocycles. The van der Waals surface area contributed by atoms with Crippen molar-refractivity contribution < 1.29 is 13.9 Å². The summed E-state index contributed by atoms with van der Waals surface area (Å²) in [5, 5.41) is 4.27. The first-order chi connectivity index (χ1) is 10.7. The van der Waals surface area contributed by atoms with Crippen molar-refractivity contribution in [2.45, 2.75) is 13.0 Å². The van der Waals surface area contributed by atoms with Gasteiger partial charge in [-0.2, -0.15) is 5.10 Å². The van der Waals surface area contributed by atoms with Crippen LogP contribution in [-0.4, -0.2) is 53.1 Å². The normalized spacial score (nSPS) is 18.5. The van der Waals surface area contributed by atoms with E-state index in [9.17, 15) is 9.18 Å². The van der Waals surface area contributed by atoms with E-state index in [-0.39, 0.29) is 12.5 Å². The highest BCUT2D eigenvalue weighted by atomic mass is 19.1. The predicted octanol–water partition coefficient (Wildman–Crippen LogP) is 1.99. The molecule has 1 aliphatic rings. The summed E-state index contributed by atoms with van der Waals surface area (Å²) in [7, 11) is 0. The lowest BCUT2D eigenvalue weighted by molar-refractivity contribution is -0.0310. The number of halogens is 1. The maximum absolute atomic E-state index is 12.7. The molecule has 0 aliphatic carbocycles. The summed E-state index contributed by atoms with van der Waals surface area (Å²) < 4.78 is 19.6. The molecule has 1 atom stereocenters. The molecule has 1 aliphatic heterocycles. The Bertz CT molecular complexity index is 671. The third kappa shape index (κ3) is 2.87. The van der Waals surface area contributed by atoms with Crippen LogP contribution >= 0.6 is 0 Å². The van der Waals surface area contributed by atoms with E-state index in [1.807, 2.05) is 31.2 Å². The van der Waals surface area contributed by atoms with Gasteiger partial charge in [-0.3, -0.25) is 4.79 Å². The molecule has 1 fully saturated rings. The largest absolute Gasteiger partial charge is 0.372 e. The number of hydrogen-bond acceptors (Lipinski definition) is 3. The van der Waals surface area contributed by atoms with E-state index in [1.54, 1.807) is 22.0 Å². The van der Waals surface area contributed by atoms with Gasteiger partial charge in [0.25, 0.3) is 5.91 Å². The zero-order valence-corrected chi connectivity index (χ0v) is 12.4. The fourth-order valence-electron chi connectivity index (χ4n) is 2.57. The van der Waals surface area contributed by atoms with E-state index in [0.29, 0.717) is 18.7 Å². The summed E-state index contributed by atoms with van der Waals surface area (Å²) in [5.74, 6) is -0.137. The van der Waals surface area contributed by atoms with E-state index in [4.69, 9.17) is 4.74 Å². The van der Waals surface area contributed by atoms with Crippen molar-refractivity contribution in [3.05, 3.63) is 47.8 Å². The Morgan fingerprint density at radius 2 is 2.27 bits per heavy atom. The number of aryl methyl sites for hydroxylation is 1. The maximum Gasteiger partial charge on any atom is 0.257 e. The molecular formula is C16H18FN3O2. The number of rotatable bonds is 3.